The van der Waals surface area contributed by atoms with Crippen LogP contribution in [0, 0.1) is 0 Å². The Labute approximate surface area is 313 Å². The van der Waals surface area contributed by atoms with Gasteiger partial charge in [0.1, 0.15) is 0 Å². The van der Waals surface area contributed by atoms with Gasteiger partial charge in [0.15, 0.2) is 34.5 Å². The maximum Gasteiger partial charge on any atom is 0.161 e. The van der Waals surface area contributed by atoms with Crippen molar-refractivity contribution in [2.24, 2.45) is 0 Å². The van der Waals surface area contributed by atoms with E-state index in [1.54, 1.807) is 7.11 Å². The minimum Gasteiger partial charge on any atom is -0.493 e. The molecule has 0 spiro atoms. The molecule has 0 aliphatic carbocycles. The highest BCUT2D eigenvalue weighted by Gasteiger charge is 2.20. The maximum atomic E-state index is 9.18. The zero-order chi connectivity index (χ0) is 37.0. The van der Waals surface area contributed by atoms with Crippen molar-refractivity contribution in [3.05, 3.63) is 36.4 Å². The Bertz CT molecular complexity index is 1630. The Hall–Kier alpha value is -3.58. The van der Waals surface area contributed by atoms with Gasteiger partial charge in [0.2, 0.25) is 0 Å². The average molecular weight is 719 g/mol. The van der Waals surface area contributed by atoms with E-state index >= 15 is 0 Å². The quantitative estimate of drug-likeness (QED) is 0.0463. The lowest BCUT2D eigenvalue weighted by atomic mass is 9.93. The minimum absolute atomic E-state index is 0.230. The Morgan fingerprint density at radius 1 is 0.346 bits per heavy atom. The Balaban J connectivity index is 1.94. The molecule has 1 N–H and O–H groups in total. The van der Waals surface area contributed by atoms with E-state index in [4.69, 9.17) is 28.4 Å². The molecule has 0 saturated carbocycles. The van der Waals surface area contributed by atoms with Gasteiger partial charge in [-0.2, -0.15) is 0 Å². The Morgan fingerprint density at radius 3 is 0.865 bits per heavy atom. The van der Waals surface area contributed by atoms with E-state index in [2.05, 4.69) is 64.1 Å². The predicted molar refractivity (Wildman–Crippen MR) is 217 cm³/mol. The molecule has 0 amide bonds. The summed E-state index contributed by atoms with van der Waals surface area (Å²) in [5.41, 5.74) is 0. The largest absolute Gasteiger partial charge is 0.493 e. The van der Waals surface area contributed by atoms with Crippen molar-refractivity contribution in [1.29, 1.82) is 0 Å². The van der Waals surface area contributed by atoms with Crippen molar-refractivity contribution in [3.8, 4) is 34.5 Å². The van der Waals surface area contributed by atoms with Crippen molar-refractivity contribution >= 4 is 32.3 Å². The zero-order valence-corrected chi connectivity index (χ0v) is 32.9. The van der Waals surface area contributed by atoms with Gasteiger partial charge >= 0.3 is 0 Å². The van der Waals surface area contributed by atoms with Crippen LogP contribution in [0.4, 0.5) is 0 Å². The van der Waals surface area contributed by atoms with Gasteiger partial charge in [-0.3, -0.25) is 0 Å². The second-order valence-electron chi connectivity index (χ2n) is 13.9. The molecule has 0 heterocycles. The first-order chi connectivity index (χ1) is 25.6. The summed E-state index contributed by atoms with van der Waals surface area (Å²) in [6.07, 6.45) is 16.8. The van der Waals surface area contributed by atoms with Crippen LogP contribution < -0.4 is 28.4 Å². The average Bonchev–Trinajstić information content (AvgIpc) is 3.16. The van der Waals surface area contributed by atoms with Crippen LogP contribution in [0.1, 0.15) is 130 Å². The smallest absolute Gasteiger partial charge is 0.161 e. The van der Waals surface area contributed by atoms with E-state index in [1.165, 1.54) is 0 Å². The number of unbranched alkanes of at least 4 members (excludes halogenated alkanes) is 11. The summed E-state index contributed by atoms with van der Waals surface area (Å²) in [6, 6.07) is 12.9. The summed E-state index contributed by atoms with van der Waals surface area (Å²) in [7, 11) is 1.70. The number of rotatable bonds is 28. The topological polar surface area (TPSA) is 75.6 Å². The highest BCUT2D eigenvalue weighted by atomic mass is 16.5. The van der Waals surface area contributed by atoms with Crippen LogP contribution >= 0.6 is 0 Å². The first kappa shape index (κ1) is 41.2. The van der Waals surface area contributed by atoms with Crippen molar-refractivity contribution in [2.75, 3.05) is 46.8 Å². The molecule has 0 aliphatic rings. The summed E-state index contributed by atoms with van der Waals surface area (Å²) in [5.74, 6) is 4.51. The van der Waals surface area contributed by atoms with Crippen molar-refractivity contribution in [1.82, 2.24) is 0 Å². The number of aliphatic hydroxyl groups excluding tert-OH is 1. The van der Waals surface area contributed by atoms with Crippen molar-refractivity contribution in [3.63, 3.8) is 0 Å². The monoisotopic (exact) mass is 718 g/mol. The van der Waals surface area contributed by atoms with Gasteiger partial charge in [0.25, 0.3) is 0 Å². The molecular formula is C45H66O7. The number of hydrogen-bond donors (Lipinski definition) is 1. The molecule has 4 aromatic carbocycles. The highest BCUT2D eigenvalue weighted by molar-refractivity contribution is 6.26. The molecule has 4 aromatic rings. The van der Waals surface area contributed by atoms with Crippen LogP contribution in [0.25, 0.3) is 32.3 Å². The van der Waals surface area contributed by atoms with Crippen LogP contribution in [-0.2, 0) is 0 Å². The fraction of sp³-hybridized carbons (Fsp3) is 0.600. The standard InChI is InChI=1S/C45H66O7/c1-6-10-17-23-49-42-30-36-34-28-40(47-5)41(48-27-21-15-14-16-22-46)29-35(34)37-31-43(50-24-18-11-7-2)45(52-26-20-13-9-4)33-39(37)38(36)32-44(42)51-25-19-12-8-3/h28-33,46H,6-27H2,1-5H3. The highest BCUT2D eigenvalue weighted by Crippen LogP contribution is 2.47. The van der Waals surface area contributed by atoms with Crippen LogP contribution in [-0.4, -0.2) is 51.9 Å². The molecule has 7 nitrogen and oxygen atoms in total. The zero-order valence-electron chi connectivity index (χ0n) is 32.9. The third-order valence-corrected chi connectivity index (χ3v) is 9.67. The molecule has 0 aromatic heterocycles. The van der Waals surface area contributed by atoms with Gasteiger partial charge in [-0.25, -0.2) is 0 Å². The summed E-state index contributed by atoms with van der Waals surface area (Å²) in [4.78, 5) is 0. The first-order valence-electron chi connectivity index (χ1n) is 20.4. The third kappa shape index (κ3) is 11.7. The maximum absolute atomic E-state index is 9.18. The summed E-state index contributed by atoms with van der Waals surface area (Å²) < 4.78 is 38.3. The summed E-state index contributed by atoms with van der Waals surface area (Å²) >= 11 is 0. The second-order valence-corrected chi connectivity index (χ2v) is 13.9. The molecule has 52 heavy (non-hydrogen) atoms. The number of ether oxygens (including phenoxy) is 6. The van der Waals surface area contributed by atoms with Crippen LogP contribution in [0.5, 0.6) is 34.5 Å². The van der Waals surface area contributed by atoms with Crippen LogP contribution in [0.2, 0.25) is 0 Å². The molecule has 7 heteroatoms. The summed E-state index contributed by atoms with van der Waals surface area (Å²) in [5, 5.41) is 15.6. The van der Waals surface area contributed by atoms with Gasteiger partial charge in [-0.15, -0.1) is 0 Å². The van der Waals surface area contributed by atoms with E-state index < -0.39 is 0 Å². The van der Waals surface area contributed by atoms with Crippen molar-refractivity contribution < 1.29 is 33.5 Å². The number of aliphatic hydroxyl groups is 1. The van der Waals surface area contributed by atoms with Crippen molar-refractivity contribution in [2.45, 2.75) is 130 Å². The van der Waals surface area contributed by atoms with Crippen LogP contribution in [0.15, 0.2) is 36.4 Å². The van der Waals surface area contributed by atoms with Gasteiger partial charge in [-0.1, -0.05) is 85.5 Å². The molecule has 0 fully saturated rings. The van der Waals surface area contributed by atoms with Gasteiger partial charge in [-0.05, 0) is 114 Å². The van der Waals surface area contributed by atoms with E-state index in [9.17, 15) is 5.11 Å². The number of benzene rings is 4. The normalized spacial score (nSPS) is 11.4. The molecular weight excluding hydrogens is 652 g/mol. The van der Waals surface area contributed by atoms with E-state index in [-0.39, 0.29) is 6.61 Å². The molecule has 0 unspecified atom stereocenters. The van der Waals surface area contributed by atoms with E-state index in [0.717, 1.165) is 164 Å². The fourth-order valence-corrected chi connectivity index (χ4v) is 6.63. The summed E-state index contributed by atoms with van der Waals surface area (Å²) in [6.45, 7) is 12.2. The lowest BCUT2D eigenvalue weighted by Gasteiger charge is -2.20. The lowest BCUT2D eigenvalue weighted by Crippen LogP contribution is -2.04. The number of methoxy groups -OCH3 is 1. The predicted octanol–water partition coefficient (Wildman–Crippen LogP) is 12.4. The molecule has 4 rings (SSSR count). The lowest BCUT2D eigenvalue weighted by molar-refractivity contribution is 0.260. The van der Waals surface area contributed by atoms with Gasteiger partial charge < -0.3 is 33.5 Å². The van der Waals surface area contributed by atoms with E-state index in [0.29, 0.717) is 38.8 Å². The number of hydrogen-bond acceptors (Lipinski definition) is 7. The van der Waals surface area contributed by atoms with Gasteiger partial charge in [0.05, 0.1) is 40.1 Å². The molecule has 0 saturated heterocycles. The number of fused-ring (bicyclic) bond motifs is 6. The fourth-order valence-electron chi connectivity index (χ4n) is 6.63. The van der Waals surface area contributed by atoms with Crippen LogP contribution in [0.3, 0.4) is 0 Å². The molecule has 0 atom stereocenters. The van der Waals surface area contributed by atoms with Gasteiger partial charge in [0, 0.05) is 6.61 Å². The SMILES string of the molecule is CCCCCOc1cc2c3cc(OC)c(OCCCCCCO)cc3c3cc(OCCCCC)c(OCCCCC)cc3c2cc1OCCCCC. The van der Waals surface area contributed by atoms with E-state index in [1.807, 2.05) is 0 Å². The first-order valence-corrected chi connectivity index (χ1v) is 20.4. The second kappa shape index (κ2) is 23.2. The molecule has 0 aliphatic heterocycles. The molecule has 288 valence electrons. The molecule has 0 bridgehead atoms. The Morgan fingerprint density at radius 2 is 0.596 bits per heavy atom. The third-order valence-electron chi connectivity index (χ3n) is 9.67. The minimum atomic E-state index is 0.230. The Kier molecular flexibility index (Phi) is 18.3. The molecule has 0 radical (unpaired) electrons.